The summed E-state index contributed by atoms with van der Waals surface area (Å²) < 4.78 is 2.12. The highest BCUT2D eigenvalue weighted by molar-refractivity contribution is 5.91. The third-order valence-corrected chi connectivity index (χ3v) is 8.69. The zero-order chi connectivity index (χ0) is 33.2. The molecule has 6 aromatic carbocycles. The van der Waals surface area contributed by atoms with E-state index in [1.54, 1.807) is 12.2 Å². The molecule has 2 aromatic heterocycles. The maximum absolute atomic E-state index is 4.85. The van der Waals surface area contributed by atoms with E-state index in [2.05, 4.69) is 114 Å². The monoisotopic (exact) mass is 629 g/mol. The summed E-state index contributed by atoms with van der Waals surface area (Å²) in [5.74, 6) is 1.76. The molecule has 5 heteroatoms. The highest BCUT2D eigenvalue weighted by atomic mass is 15.0. The van der Waals surface area contributed by atoms with Gasteiger partial charge in [-0.1, -0.05) is 135 Å². The van der Waals surface area contributed by atoms with E-state index in [0.29, 0.717) is 17.5 Å². The lowest BCUT2D eigenvalue weighted by Gasteiger charge is -2.10. The van der Waals surface area contributed by atoms with Crippen LogP contribution in [0.1, 0.15) is 5.82 Å². The minimum absolute atomic E-state index is 0.554. The fourth-order valence-corrected chi connectivity index (χ4v) is 6.11. The minimum Gasteiger partial charge on any atom is -0.299 e. The normalized spacial score (nSPS) is 11.6. The number of benzene rings is 6. The van der Waals surface area contributed by atoms with Crippen molar-refractivity contribution in [1.29, 1.82) is 0 Å². The van der Waals surface area contributed by atoms with Gasteiger partial charge in [-0.3, -0.25) is 4.57 Å². The molecule has 232 valence electrons. The van der Waals surface area contributed by atoms with Crippen molar-refractivity contribution < 1.29 is 0 Å². The average molecular weight is 630 g/mol. The Kier molecular flexibility index (Phi) is 7.76. The third kappa shape index (κ3) is 5.86. The Morgan fingerprint density at radius 3 is 1.76 bits per heavy atom. The third-order valence-electron chi connectivity index (χ3n) is 8.69. The molecule has 5 nitrogen and oxygen atoms in total. The fraction of sp³-hybridized carbons (Fsp3) is 0. The molecule has 0 aliphatic rings. The van der Waals surface area contributed by atoms with Crippen LogP contribution in [0.2, 0.25) is 0 Å². The number of aromatic nitrogens is 5. The van der Waals surface area contributed by atoms with E-state index in [1.165, 1.54) is 21.9 Å². The molecule has 0 saturated carbocycles. The van der Waals surface area contributed by atoms with E-state index in [0.717, 1.165) is 44.5 Å². The number of para-hydroxylation sites is 2. The van der Waals surface area contributed by atoms with Gasteiger partial charge in [-0.2, -0.15) is 0 Å². The summed E-state index contributed by atoms with van der Waals surface area (Å²) in [7, 11) is 0. The lowest BCUT2D eigenvalue weighted by atomic mass is 9.97. The minimum atomic E-state index is 0.554. The lowest BCUT2D eigenvalue weighted by Crippen LogP contribution is -2.02. The Labute approximate surface area is 284 Å². The van der Waals surface area contributed by atoms with Crippen molar-refractivity contribution in [1.82, 2.24) is 24.5 Å². The molecule has 0 N–H and O–H groups in total. The topological polar surface area (TPSA) is 56.5 Å². The van der Waals surface area contributed by atoms with Crippen LogP contribution in [0.5, 0.6) is 0 Å². The van der Waals surface area contributed by atoms with E-state index >= 15 is 0 Å². The van der Waals surface area contributed by atoms with Gasteiger partial charge in [-0.25, -0.2) is 19.9 Å². The Morgan fingerprint density at radius 2 is 1.10 bits per heavy atom. The molecule has 2 heterocycles. The van der Waals surface area contributed by atoms with Crippen LogP contribution in [-0.2, 0) is 0 Å². The predicted octanol–water partition coefficient (Wildman–Crippen LogP) is 10.8. The summed E-state index contributed by atoms with van der Waals surface area (Å²) in [6.45, 7) is 7.79. The number of nitrogens with zero attached hydrogens (tertiary/aromatic N) is 5. The number of hydrogen-bond donors (Lipinski definition) is 0. The van der Waals surface area contributed by atoms with Crippen LogP contribution in [0.3, 0.4) is 0 Å². The van der Waals surface area contributed by atoms with Gasteiger partial charge in [0, 0.05) is 22.4 Å². The smallest absolute Gasteiger partial charge is 0.164 e. The molecule has 0 atom stereocenters. The van der Waals surface area contributed by atoms with E-state index in [-0.39, 0.29) is 0 Å². The van der Waals surface area contributed by atoms with Crippen LogP contribution < -0.4 is 0 Å². The Bertz CT molecular complexity index is 2510. The first-order chi connectivity index (χ1) is 24.2. The highest BCUT2D eigenvalue weighted by Gasteiger charge is 2.13. The fourth-order valence-electron chi connectivity index (χ4n) is 6.11. The van der Waals surface area contributed by atoms with Crippen molar-refractivity contribution in [2.24, 2.45) is 0 Å². The zero-order valence-electron chi connectivity index (χ0n) is 26.7. The van der Waals surface area contributed by atoms with Gasteiger partial charge in [-0.05, 0) is 69.4 Å². The standard InChI is InChI=1S/C44H31N5/c1-3-10-30(4-2)42-46-43(34-11-6-5-7-12-34)48-44(47-42)35-19-15-31(16-20-35)36-21-17-33-18-22-37(28-38(33)27-36)32-23-25-39(26-24-32)49-29-45-40-13-8-9-14-41(40)49/h3-29H,1-2H2/b30-10+. The van der Waals surface area contributed by atoms with E-state index in [4.69, 9.17) is 15.0 Å². The largest absolute Gasteiger partial charge is 0.299 e. The van der Waals surface area contributed by atoms with Crippen LogP contribution >= 0.6 is 0 Å². The number of rotatable bonds is 8. The maximum atomic E-state index is 4.85. The quantitative estimate of drug-likeness (QED) is 0.157. The van der Waals surface area contributed by atoms with Crippen LogP contribution in [0, 0.1) is 0 Å². The van der Waals surface area contributed by atoms with E-state index < -0.39 is 0 Å². The van der Waals surface area contributed by atoms with Crippen molar-refractivity contribution >= 4 is 27.4 Å². The molecule has 0 radical (unpaired) electrons. The second kappa shape index (κ2) is 12.8. The van der Waals surface area contributed by atoms with Crippen LogP contribution in [0.25, 0.3) is 78.1 Å². The van der Waals surface area contributed by atoms with Gasteiger partial charge < -0.3 is 0 Å². The molecule has 0 fully saturated rings. The first-order valence-corrected chi connectivity index (χ1v) is 16.1. The Hall–Kier alpha value is -6.72. The molecule has 0 aliphatic carbocycles. The summed E-state index contributed by atoms with van der Waals surface area (Å²) in [5, 5.41) is 2.38. The average Bonchev–Trinajstić information content (AvgIpc) is 3.61. The molecule has 8 rings (SSSR count). The predicted molar refractivity (Wildman–Crippen MR) is 202 cm³/mol. The van der Waals surface area contributed by atoms with Crippen molar-refractivity contribution in [3.63, 3.8) is 0 Å². The first kappa shape index (κ1) is 29.7. The van der Waals surface area contributed by atoms with Gasteiger partial charge in [0.25, 0.3) is 0 Å². The molecule has 0 bridgehead atoms. The maximum Gasteiger partial charge on any atom is 0.164 e. The number of allylic oxidation sites excluding steroid dienone is 4. The molecule has 0 aliphatic heterocycles. The second-order valence-electron chi connectivity index (χ2n) is 11.7. The van der Waals surface area contributed by atoms with Gasteiger partial charge in [0.2, 0.25) is 0 Å². The Morgan fingerprint density at radius 1 is 0.531 bits per heavy atom. The molecule has 0 unspecified atom stereocenters. The molecule has 0 amide bonds. The molecular formula is C44H31N5. The van der Waals surface area contributed by atoms with Gasteiger partial charge in [0.05, 0.1) is 11.0 Å². The summed E-state index contributed by atoms with van der Waals surface area (Å²) in [6, 6.07) is 48.4. The van der Waals surface area contributed by atoms with Crippen molar-refractivity contribution in [3.8, 4) is 50.7 Å². The van der Waals surface area contributed by atoms with Crippen molar-refractivity contribution in [2.75, 3.05) is 0 Å². The highest BCUT2D eigenvalue weighted by Crippen LogP contribution is 2.31. The summed E-state index contributed by atoms with van der Waals surface area (Å²) in [4.78, 5) is 19.0. The second-order valence-corrected chi connectivity index (χ2v) is 11.7. The van der Waals surface area contributed by atoms with Crippen LogP contribution in [-0.4, -0.2) is 24.5 Å². The first-order valence-electron chi connectivity index (χ1n) is 16.1. The SMILES string of the molecule is C=C/C=C(\C=C)c1nc(-c2ccccc2)nc(-c2ccc(-c3ccc4ccc(-c5ccc(-n6cnc7ccccc76)cc5)cc4c3)cc2)n1. The van der Waals surface area contributed by atoms with Crippen molar-refractivity contribution in [2.45, 2.75) is 0 Å². The number of hydrogen-bond acceptors (Lipinski definition) is 4. The van der Waals surface area contributed by atoms with Gasteiger partial charge >= 0.3 is 0 Å². The number of fused-ring (bicyclic) bond motifs is 2. The molecule has 0 saturated heterocycles. The van der Waals surface area contributed by atoms with E-state index in [1.807, 2.05) is 60.9 Å². The van der Waals surface area contributed by atoms with Gasteiger partial charge in [0.1, 0.15) is 6.33 Å². The van der Waals surface area contributed by atoms with Crippen molar-refractivity contribution in [3.05, 3.63) is 183 Å². The van der Waals surface area contributed by atoms with Crippen LogP contribution in [0.15, 0.2) is 177 Å². The zero-order valence-corrected chi connectivity index (χ0v) is 26.7. The molecule has 49 heavy (non-hydrogen) atoms. The lowest BCUT2D eigenvalue weighted by molar-refractivity contribution is 1.04. The summed E-state index contributed by atoms with van der Waals surface area (Å²) in [6.07, 6.45) is 7.19. The molecular weight excluding hydrogens is 599 g/mol. The van der Waals surface area contributed by atoms with Gasteiger partial charge in [-0.15, -0.1) is 0 Å². The number of imidazole rings is 1. The van der Waals surface area contributed by atoms with E-state index in [9.17, 15) is 0 Å². The van der Waals surface area contributed by atoms with Crippen LogP contribution in [0.4, 0.5) is 0 Å². The summed E-state index contributed by atoms with van der Waals surface area (Å²) >= 11 is 0. The van der Waals surface area contributed by atoms with Gasteiger partial charge in [0.15, 0.2) is 17.5 Å². The molecule has 0 spiro atoms. The Balaban J connectivity index is 1.09. The molecule has 8 aromatic rings. The summed E-state index contributed by atoms with van der Waals surface area (Å²) in [5.41, 5.74) is 10.4.